The zero-order valence-corrected chi connectivity index (χ0v) is 22.3. The summed E-state index contributed by atoms with van der Waals surface area (Å²) in [4.78, 5) is 31.2. The quantitative estimate of drug-likeness (QED) is 0.431. The Morgan fingerprint density at radius 1 is 1.03 bits per heavy atom. The van der Waals surface area contributed by atoms with Crippen molar-refractivity contribution in [1.82, 2.24) is 14.4 Å². The summed E-state index contributed by atoms with van der Waals surface area (Å²) in [5.41, 5.74) is 3.06. The molecule has 2 atom stereocenters. The number of carbonyl (C=O) groups is 2. The van der Waals surface area contributed by atoms with Gasteiger partial charge in [0.05, 0.1) is 11.6 Å². The molecule has 2 aliphatic rings. The number of benzene rings is 1. The van der Waals surface area contributed by atoms with Crippen LogP contribution in [-0.2, 0) is 22.6 Å². The SMILES string of the molecule is CCCC(CCC)C(=O)N1CCC[C@@H]1C(=O)N1CCC[C@H]1CCc1cc2ccc(C#N)cc2n1CC. The lowest BCUT2D eigenvalue weighted by Crippen LogP contribution is -2.50. The molecule has 2 aliphatic heterocycles. The van der Waals surface area contributed by atoms with Crippen LogP contribution < -0.4 is 0 Å². The first-order chi connectivity index (χ1) is 17.5. The van der Waals surface area contributed by atoms with E-state index in [9.17, 15) is 14.9 Å². The van der Waals surface area contributed by atoms with Gasteiger partial charge in [0.2, 0.25) is 11.8 Å². The molecular formula is C30H42N4O2. The molecular weight excluding hydrogens is 448 g/mol. The van der Waals surface area contributed by atoms with Crippen molar-refractivity contribution in [1.29, 1.82) is 5.26 Å². The number of amides is 2. The van der Waals surface area contributed by atoms with Crippen LogP contribution in [0.4, 0.5) is 0 Å². The molecule has 0 bridgehead atoms. The smallest absolute Gasteiger partial charge is 0.245 e. The number of hydrogen-bond donors (Lipinski definition) is 0. The molecule has 194 valence electrons. The normalized spacial score (nSPS) is 20.0. The van der Waals surface area contributed by atoms with Gasteiger partial charge in [0.25, 0.3) is 0 Å². The molecule has 6 heteroatoms. The van der Waals surface area contributed by atoms with Gasteiger partial charge in [0.1, 0.15) is 6.04 Å². The Morgan fingerprint density at radius 2 is 1.75 bits per heavy atom. The predicted molar refractivity (Wildman–Crippen MR) is 143 cm³/mol. The van der Waals surface area contributed by atoms with Crippen molar-refractivity contribution in [2.24, 2.45) is 5.92 Å². The molecule has 2 amide bonds. The maximum Gasteiger partial charge on any atom is 0.245 e. The Hall–Kier alpha value is -2.81. The van der Waals surface area contributed by atoms with Gasteiger partial charge in [-0.25, -0.2) is 0 Å². The molecule has 0 saturated carbocycles. The molecule has 1 aromatic carbocycles. The highest BCUT2D eigenvalue weighted by molar-refractivity contribution is 5.89. The van der Waals surface area contributed by atoms with Gasteiger partial charge in [-0.3, -0.25) is 9.59 Å². The summed E-state index contributed by atoms with van der Waals surface area (Å²) in [5, 5.41) is 10.5. The highest BCUT2D eigenvalue weighted by atomic mass is 16.2. The molecule has 4 rings (SSSR count). The number of nitrogens with zero attached hydrogens (tertiary/aromatic N) is 4. The second-order valence-electron chi connectivity index (χ2n) is 10.6. The molecule has 2 aromatic rings. The Labute approximate surface area is 216 Å². The molecule has 3 heterocycles. The molecule has 36 heavy (non-hydrogen) atoms. The lowest BCUT2D eigenvalue weighted by molar-refractivity contribution is -0.146. The van der Waals surface area contributed by atoms with Crippen LogP contribution in [0, 0.1) is 17.2 Å². The molecule has 6 nitrogen and oxygen atoms in total. The lowest BCUT2D eigenvalue weighted by Gasteiger charge is -2.33. The summed E-state index contributed by atoms with van der Waals surface area (Å²) in [5.74, 6) is 0.430. The average Bonchev–Trinajstić information content (AvgIpc) is 3.64. The Morgan fingerprint density at radius 3 is 2.44 bits per heavy atom. The van der Waals surface area contributed by atoms with Gasteiger partial charge in [-0.1, -0.05) is 32.8 Å². The third-order valence-corrected chi connectivity index (χ3v) is 8.27. The standard InChI is InChI=1S/C30H42N4O2/c1-4-9-23(10-5-2)29(35)34-18-8-12-27(34)30(36)33-17-7-11-25(33)15-16-26-20-24-14-13-22(21-31)19-28(24)32(26)6-3/h13-14,19-20,23,25,27H,4-12,15-18H2,1-3H3/t25-,27+/m0/s1. The number of fused-ring (bicyclic) bond motifs is 1. The number of aryl methyl sites for hydroxylation is 2. The van der Waals surface area contributed by atoms with E-state index in [1.165, 1.54) is 11.1 Å². The van der Waals surface area contributed by atoms with E-state index in [-0.39, 0.29) is 29.8 Å². The number of hydrogen-bond acceptors (Lipinski definition) is 3. The molecule has 0 spiro atoms. The molecule has 1 aromatic heterocycles. The first-order valence-corrected chi connectivity index (χ1v) is 14.2. The van der Waals surface area contributed by atoms with Gasteiger partial charge in [-0.05, 0) is 81.9 Å². The second kappa shape index (κ2) is 12.0. The van der Waals surface area contributed by atoms with E-state index in [0.29, 0.717) is 5.56 Å². The first kappa shape index (κ1) is 26.3. The number of likely N-dealkylation sites (tertiary alicyclic amines) is 2. The molecule has 0 aliphatic carbocycles. The summed E-state index contributed by atoms with van der Waals surface area (Å²) in [6, 6.07) is 10.3. The van der Waals surface area contributed by atoms with Gasteiger partial charge in [0.15, 0.2) is 0 Å². The van der Waals surface area contributed by atoms with Crippen LogP contribution in [0.2, 0.25) is 0 Å². The van der Waals surface area contributed by atoms with Crippen molar-refractivity contribution in [3.63, 3.8) is 0 Å². The highest BCUT2D eigenvalue weighted by Crippen LogP contribution is 2.30. The molecule has 2 saturated heterocycles. The van der Waals surface area contributed by atoms with Crippen molar-refractivity contribution in [2.45, 2.75) is 104 Å². The fourth-order valence-electron chi connectivity index (χ4n) is 6.50. The van der Waals surface area contributed by atoms with Crippen LogP contribution in [0.25, 0.3) is 10.9 Å². The van der Waals surface area contributed by atoms with E-state index in [0.717, 1.165) is 89.4 Å². The van der Waals surface area contributed by atoms with Crippen LogP contribution in [0.5, 0.6) is 0 Å². The van der Waals surface area contributed by atoms with Crippen LogP contribution in [-0.4, -0.2) is 51.4 Å². The summed E-state index contributed by atoms with van der Waals surface area (Å²) in [6.07, 6.45) is 9.46. The third kappa shape index (κ3) is 5.31. The lowest BCUT2D eigenvalue weighted by atomic mass is 9.96. The summed E-state index contributed by atoms with van der Waals surface area (Å²) < 4.78 is 2.30. The van der Waals surface area contributed by atoms with Crippen LogP contribution in [0.1, 0.15) is 89.8 Å². The monoisotopic (exact) mass is 490 g/mol. The Kier molecular flexibility index (Phi) is 8.72. The zero-order valence-electron chi connectivity index (χ0n) is 22.3. The Bertz CT molecular complexity index is 1110. The van der Waals surface area contributed by atoms with E-state index < -0.39 is 0 Å². The predicted octanol–water partition coefficient (Wildman–Crippen LogP) is 5.66. The molecule has 0 unspecified atom stereocenters. The average molecular weight is 491 g/mol. The van der Waals surface area contributed by atoms with Gasteiger partial charge in [-0.15, -0.1) is 0 Å². The minimum atomic E-state index is -0.277. The van der Waals surface area contributed by atoms with Crippen LogP contribution in [0.15, 0.2) is 24.3 Å². The van der Waals surface area contributed by atoms with E-state index in [1.807, 2.05) is 23.1 Å². The van der Waals surface area contributed by atoms with Gasteiger partial charge < -0.3 is 14.4 Å². The number of rotatable bonds is 10. The Balaban J connectivity index is 1.45. The topological polar surface area (TPSA) is 69.3 Å². The number of nitriles is 1. The van der Waals surface area contributed by atoms with Gasteiger partial charge >= 0.3 is 0 Å². The van der Waals surface area contributed by atoms with Crippen molar-refractivity contribution < 1.29 is 9.59 Å². The van der Waals surface area contributed by atoms with E-state index in [2.05, 4.69) is 42.4 Å². The van der Waals surface area contributed by atoms with Crippen molar-refractivity contribution in [3.8, 4) is 6.07 Å². The first-order valence-electron chi connectivity index (χ1n) is 14.2. The van der Waals surface area contributed by atoms with Crippen LogP contribution in [0.3, 0.4) is 0 Å². The zero-order chi connectivity index (χ0) is 25.7. The fourth-order valence-corrected chi connectivity index (χ4v) is 6.50. The minimum Gasteiger partial charge on any atom is -0.345 e. The van der Waals surface area contributed by atoms with E-state index in [4.69, 9.17) is 0 Å². The summed E-state index contributed by atoms with van der Waals surface area (Å²) >= 11 is 0. The summed E-state index contributed by atoms with van der Waals surface area (Å²) in [6.45, 7) is 8.80. The number of carbonyl (C=O) groups excluding carboxylic acids is 2. The molecule has 2 fully saturated rings. The van der Waals surface area contributed by atoms with Gasteiger partial charge in [-0.2, -0.15) is 5.26 Å². The number of aromatic nitrogens is 1. The van der Waals surface area contributed by atoms with Gasteiger partial charge in [0, 0.05) is 42.8 Å². The fraction of sp³-hybridized carbons (Fsp3) is 0.633. The van der Waals surface area contributed by atoms with E-state index in [1.54, 1.807) is 0 Å². The van der Waals surface area contributed by atoms with Crippen molar-refractivity contribution in [3.05, 3.63) is 35.5 Å². The van der Waals surface area contributed by atoms with Crippen molar-refractivity contribution >= 4 is 22.7 Å². The molecule has 0 radical (unpaired) electrons. The maximum absolute atomic E-state index is 13.8. The summed E-state index contributed by atoms with van der Waals surface area (Å²) in [7, 11) is 0. The minimum absolute atomic E-state index is 0.0558. The highest BCUT2D eigenvalue weighted by Gasteiger charge is 2.41. The largest absolute Gasteiger partial charge is 0.345 e. The van der Waals surface area contributed by atoms with Crippen LogP contribution >= 0.6 is 0 Å². The second-order valence-corrected chi connectivity index (χ2v) is 10.6. The maximum atomic E-state index is 13.8. The third-order valence-electron chi connectivity index (χ3n) is 8.27. The molecule has 0 N–H and O–H groups in total. The van der Waals surface area contributed by atoms with E-state index >= 15 is 0 Å². The van der Waals surface area contributed by atoms with Crippen molar-refractivity contribution in [2.75, 3.05) is 13.1 Å².